The predicted molar refractivity (Wildman–Crippen MR) is 156 cm³/mol. The Morgan fingerprint density at radius 2 is 1.85 bits per heavy atom. The minimum Gasteiger partial charge on any atom is -0.504 e. The molecule has 202 valence electrons. The number of allylic oxidation sites excluding steroid dienone is 1. The van der Waals surface area contributed by atoms with E-state index >= 15 is 0 Å². The van der Waals surface area contributed by atoms with E-state index in [0.29, 0.717) is 20.7 Å². The van der Waals surface area contributed by atoms with Crippen LogP contribution in [0.3, 0.4) is 0 Å². The number of carbonyl (C=O) groups is 2. The first-order valence-corrected chi connectivity index (χ1v) is 14.2. The molecule has 1 unspecified atom stereocenters. The Labute approximate surface area is 243 Å². The average molecular weight is 592 g/mol. The molecule has 8 nitrogen and oxygen atoms in total. The van der Waals surface area contributed by atoms with Crippen LogP contribution in [-0.2, 0) is 15.3 Å². The Morgan fingerprint density at radius 1 is 1.10 bits per heavy atom. The monoisotopic (exact) mass is 591 g/mol. The highest BCUT2D eigenvalue weighted by Gasteiger charge is 2.45. The van der Waals surface area contributed by atoms with Gasteiger partial charge in [0.05, 0.1) is 18.7 Å². The fourth-order valence-electron chi connectivity index (χ4n) is 4.17. The van der Waals surface area contributed by atoms with Crippen molar-refractivity contribution in [1.29, 1.82) is 0 Å². The van der Waals surface area contributed by atoms with Crippen molar-refractivity contribution >= 4 is 57.6 Å². The SMILES string of the molecule is COc1cc(C2C(C(=O)/C=C/c3ccccc3)=C(O)C(=O)N2c2nnc(SCc3ccccc3Cl)s2)ccc1O. The molecule has 1 aromatic heterocycles. The number of phenolic OH excluding ortho intramolecular Hbond substituents is 1. The molecule has 5 rings (SSSR count). The molecule has 0 saturated heterocycles. The number of aliphatic hydroxyl groups is 1. The van der Waals surface area contributed by atoms with Gasteiger partial charge < -0.3 is 14.9 Å². The van der Waals surface area contributed by atoms with E-state index in [1.807, 2.05) is 54.6 Å². The van der Waals surface area contributed by atoms with Gasteiger partial charge in [0.2, 0.25) is 5.13 Å². The molecule has 1 atom stereocenters. The Kier molecular flexibility index (Phi) is 8.20. The van der Waals surface area contributed by atoms with Crippen LogP contribution >= 0.6 is 34.7 Å². The average Bonchev–Trinajstić information content (AvgIpc) is 3.54. The van der Waals surface area contributed by atoms with E-state index in [1.165, 1.54) is 42.0 Å². The molecule has 0 radical (unpaired) electrons. The topological polar surface area (TPSA) is 113 Å². The lowest BCUT2D eigenvalue weighted by Crippen LogP contribution is -2.30. The number of amides is 1. The lowest BCUT2D eigenvalue weighted by Gasteiger charge is -2.24. The number of nitrogens with zero attached hydrogens (tertiary/aromatic N) is 3. The summed E-state index contributed by atoms with van der Waals surface area (Å²) in [5.41, 5.74) is 2.02. The van der Waals surface area contributed by atoms with Gasteiger partial charge in [0.25, 0.3) is 5.91 Å². The number of rotatable bonds is 9. The van der Waals surface area contributed by atoms with Gasteiger partial charge in [0, 0.05) is 10.8 Å². The third kappa shape index (κ3) is 5.60. The lowest BCUT2D eigenvalue weighted by molar-refractivity contribution is -0.117. The van der Waals surface area contributed by atoms with E-state index in [9.17, 15) is 19.8 Å². The molecule has 0 fully saturated rings. The van der Waals surface area contributed by atoms with Gasteiger partial charge in [-0.1, -0.05) is 95.4 Å². The second-order valence-electron chi connectivity index (χ2n) is 8.61. The minimum atomic E-state index is -1.04. The van der Waals surface area contributed by atoms with E-state index in [0.717, 1.165) is 22.5 Å². The summed E-state index contributed by atoms with van der Waals surface area (Å²) >= 11 is 8.82. The zero-order valence-corrected chi connectivity index (χ0v) is 23.4. The Hall–Kier alpha value is -4.12. The fourth-order valence-corrected chi connectivity index (χ4v) is 6.33. The molecule has 1 aliphatic rings. The van der Waals surface area contributed by atoms with Gasteiger partial charge >= 0.3 is 0 Å². The van der Waals surface area contributed by atoms with Crippen LogP contribution in [0.5, 0.6) is 11.5 Å². The van der Waals surface area contributed by atoms with E-state index < -0.39 is 23.5 Å². The molecule has 40 heavy (non-hydrogen) atoms. The molecule has 2 N–H and O–H groups in total. The number of aromatic nitrogens is 2. The van der Waals surface area contributed by atoms with Crippen molar-refractivity contribution in [2.24, 2.45) is 0 Å². The number of hydrogen-bond donors (Lipinski definition) is 2. The quantitative estimate of drug-likeness (QED) is 0.131. The molecule has 0 aliphatic carbocycles. The summed E-state index contributed by atoms with van der Waals surface area (Å²) in [4.78, 5) is 28.1. The van der Waals surface area contributed by atoms with Crippen LogP contribution in [-0.4, -0.2) is 39.2 Å². The standard InChI is InChI=1S/C29H22ClN3O5S2/c1-38-23-15-18(12-14-21(23)34)25-24(22(35)13-11-17-7-3-2-4-8-17)26(36)27(37)33(25)28-31-32-29(40-28)39-16-19-9-5-6-10-20(19)30/h2-15,25,34,36H,16H2,1H3/b13-11+. The number of anilines is 1. The van der Waals surface area contributed by atoms with Gasteiger partial charge in [-0.25, -0.2) is 0 Å². The molecule has 11 heteroatoms. The maximum absolute atomic E-state index is 13.4. The highest BCUT2D eigenvalue weighted by Crippen LogP contribution is 2.45. The molecule has 0 bridgehead atoms. The summed E-state index contributed by atoms with van der Waals surface area (Å²) in [7, 11) is 1.39. The molecule has 0 saturated carbocycles. The fraction of sp³-hybridized carbons (Fsp3) is 0.103. The van der Waals surface area contributed by atoms with Crippen LogP contribution in [0.15, 0.2) is 94.5 Å². The molecule has 1 amide bonds. The lowest BCUT2D eigenvalue weighted by atomic mass is 9.95. The number of hydrogen-bond acceptors (Lipinski definition) is 9. The van der Waals surface area contributed by atoms with Crippen molar-refractivity contribution in [3.63, 3.8) is 0 Å². The number of carbonyl (C=O) groups excluding carboxylic acids is 2. The second kappa shape index (κ2) is 12.0. The van der Waals surface area contributed by atoms with Gasteiger partial charge in [0.15, 0.2) is 27.4 Å². The first-order valence-electron chi connectivity index (χ1n) is 12.0. The largest absolute Gasteiger partial charge is 0.504 e. The van der Waals surface area contributed by atoms with E-state index in [2.05, 4.69) is 10.2 Å². The number of halogens is 1. The zero-order valence-electron chi connectivity index (χ0n) is 21.0. The Balaban J connectivity index is 1.50. The van der Waals surface area contributed by atoms with Crippen LogP contribution in [0.25, 0.3) is 6.08 Å². The summed E-state index contributed by atoms with van der Waals surface area (Å²) in [5.74, 6) is -1.43. The molecule has 0 spiro atoms. The van der Waals surface area contributed by atoms with E-state index in [-0.39, 0.29) is 22.2 Å². The Morgan fingerprint density at radius 3 is 2.60 bits per heavy atom. The summed E-state index contributed by atoms with van der Waals surface area (Å²) in [6, 6.07) is 20.1. The van der Waals surface area contributed by atoms with E-state index in [4.69, 9.17) is 16.3 Å². The highest BCUT2D eigenvalue weighted by molar-refractivity contribution is 8.00. The number of aromatic hydroxyl groups is 1. The number of thioether (sulfide) groups is 1. The maximum atomic E-state index is 13.4. The van der Waals surface area contributed by atoms with Crippen molar-refractivity contribution in [2.45, 2.75) is 16.1 Å². The first kappa shape index (κ1) is 27.4. The van der Waals surface area contributed by atoms with E-state index in [1.54, 1.807) is 12.1 Å². The molecule has 2 heterocycles. The van der Waals surface area contributed by atoms with Gasteiger partial charge in [-0.15, -0.1) is 10.2 Å². The molecular formula is C29H22ClN3O5S2. The van der Waals surface area contributed by atoms with Gasteiger partial charge in [-0.3, -0.25) is 14.5 Å². The van der Waals surface area contributed by atoms with Crippen molar-refractivity contribution in [3.05, 3.63) is 112 Å². The number of benzene rings is 3. The van der Waals surface area contributed by atoms with Gasteiger partial charge in [-0.05, 0) is 41.0 Å². The molecular weight excluding hydrogens is 570 g/mol. The van der Waals surface area contributed by atoms with Crippen LogP contribution in [0, 0.1) is 0 Å². The van der Waals surface area contributed by atoms with Crippen molar-refractivity contribution in [2.75, 3.05) is 12.0 Å². The zero-order chi connectivity index (χ0) is 28.2. The number of aliphatic hydroxyl groups excluding tert-OH is 1. The highest BCUT2D eigenvalue weighted by atomic mass is 35.5. The smallest absolute Gasteiger partial charge is 0.296 e. The van der Waals surface area contributed by atoms with Crippen molar-refractivity contribution in [1.82, 2.24) is 10.2 Å². The van der Waals surface area contributed by atoms with Crippen LogP contribution in [0.1, 0.15) is 22.7 Å². The third-order valence-electron chi connectivity index (χ3n) is 6.13. The summed E-state index contributed by atoms with van der Waals surface area (Å²) in [6.07, 6.45) is 2.92. The summed E-state index contributed by atoms with van der Waals surface area (Å²) < 4.78 is 5.84. The normalized spacial score (nSPS) is 15.3. The molecule has 4 aromatic rings. The number of methoxy groups -OCH3 is 1. The second-order valence-corrected chi connectivity index (χ2v) is 11.2. The summed E-state index contributed by atoms with van der Waals surface area (Å²) in [6.45, 7) is 0. The van der Waals surface area contributed by atoms with Crippen LogP contribution in [0.2, 0.25) is 5.02 Å². The third-order valence-corrected chi connectivity index (χ3v) is 8.60. The van der Waals surface area contributed by atoms with Crippen molar-refractivity contribution < 1.29 is 24.5 Å². The van der Waals surface area contributed by atoms with Crippen molar-refractivity contribution in [3.8, 4) is 11.5 Å². The number of phenols is 1. The number of ketones is 1. The Bertz CT molecular complexity index is 1640. The van der Waals surface area contributed by atoms with Crippen LogP contribution in [0.4, 0.5) is 5.13 Å². The molecule has 3 aromatic carbocycles. The first-order chi connectivity index (χ1) is 19.4. The molecule has 1 aliphatic heterocycles. The summed E-state index contributed by atoms with van der Waals surface area (Å²) in [5, 5.41) is 30.4. The van der Waals surface area contributed by atoms with Gasteiger partial charge in [0.1, 0.15) is 0 Å². The number of ether oxygens (including phenoxy) is 1. The maximum Gasteiger partial charge on any atom is 0.296 e. The van der Waals surface area contributed by atoms with Crippen LogP contribution < -0.4 is 9.64 Å². The predicted octanol–water partition coefficient (Wildman–Crippen LogP) is 6.38. The minimum absolute atomic E-state index is 0.110. The van der Waals surface area contributed by atoms with Gasteiger partial charge in [-0.2, -0.15) is 0 Å².